The lowest BCUT2D eigenvalue weighted by atomic mass is 10.1. The normalized spacial score (nSPS) is 19.9. The second-order valence-electron chi connectivity index (χ2n) is 5.45. The van der Waals surface area contributed by atoms with Gasteiger partial charge in [0.25, 0.3) is 0 Å². The van der Waals surface area contributed by atoms with Crippen LogP contribution in [0, 0.1) is 13.8 Å². The van der Waals surface area contributed by atoms with Crippen LogP contribution < -0.4 is 0 Å². The highest BCUT2D eigenvalue weighted by molar-refractivity contribution is 6.30. The van der Waals surface area contributed by atoms with Gasteiger partial charge in [0, 0.05) is 30.2 Å². The van der Waals surface area contributed by atoms with Crippen LogP contribution in [0.25, 0.3) is 0 Å². The van der Waals surface area contributed by atoms with Crippen LogP contribution in [0.5, 0.6) is 0 Å². The van der Waals surface area contributed by atoms with E-state index in [1.165, 1.54) is 11.1 Å². The molecule has 0 N–H and O–H groups in total. The summed E-state index contributed by atoms with van der Waals surface area (Å²) < 4.78 is 11.1. The predicted molar refractivity (Wildman–Crippen MR) is 81.4 cm³/mol. The molecule has 21 heavy (non-hydrogen) atoms. The Labute approximate surface area is 129 Å². The molecule has 1 aliphatic rings. The number of hydrogen-bond acceptors (Lipinski definition) is 4. The average molecular weight is 307 g/mol. The van der Waals surface area contributed by atoms with Gasteiger partial charge in [-0.25, -0.2) is 0 Å². The van der Waals surface area contributed by atoms with Crippen molar-refractivity contribution < 1.29 is 9.26 Å². The number of morpholine rings is 1. The summed E-state index contributed by atoms with van der Waals surface area (Å²) in [5, 5.41) is 4.77. The number of nitrogens with zero attached hydrogens (tertiary/aromatic N) is 2. The van der Waals surface area contributed by atoms with E-state index in [2.05, 4.69) is 10.1 Å². The number of aryl methyl sites for hydroxylation is 2. The van der Waals surface area contributed by atoms with E-state index >= 15 is 0 Å². The van der Waals surface area contributed by atoms with Crippen LogP contribution >= 0.6 is 11.6 Å². The summed E-state index contributed by atoms with van der Waals surface area (Å²) in [6.07, 6.45) is 0.0940. The Balaban J connectivity index is 1.70. The molecular weight excluding hydrogens is 288 g/mol. The SMILES string of the molecule is Cc1noc(C)c1CN1CCOC(c2ccc(Cl)cc2)C1. The Morgan fingerprint density at radius 1 is 1.29 bits per heavy atom. The molecule has 5 heteroatoms. The van der Waals surface area contributed by atoms with Gasteiger partial charge >= 0.3 is 0 Å². The molecule has 0 spiro atoms. The van der Waals surface area contributed by atoms with Gasteiger partial charge in [-0.3, -0.25) is 4.90 Å². The van der Waals surface area contributed by atoms with E-state index < -0.39 is 0 Å². The Morgan fingerprint density at radius 3 is 2.71 bits per heavy atom. The maximum absolute atomic E-state index is 5.94. The molecular formula is C16H19ClN2O2. The van der Waals surface area contributed by atoms with Gasteiger partial charge in [0.05, 0.1) is 18.4 Å². The second kappa shape index (κ2) is 6.18. The monoisotopic (exact) mass is 306 g/mol. The molecule has 1 fully saturated rings. The van der Waals surface area contributed by atoms with E-state index in [-0.39, 0.29) is 6.10 Å². The first-order chi connectivity index (χ1) is 10.1. The molecule has 0 amide bonds. The maximum Gasteiger partial charge on any atom is 0.138 e. The van der Waals surface area contributed by atoms with Crippen molar-refractivity contribution in [3.8, 4) is 0 Å². The van der Waals surface area contributed by atoms with Gasteiger partial charge in [-0.05, 0) is 31.5 Å². The predicted octanol–water partition coefficient (Wildman–Crippen LogP) is 3.52. The van der Waals surface area contributed by atoms with Crippen molar-refractivity contribution in [3.63, 3.8) is 0 Å². The topological polar surface area (TPSA) is 38.5 Å². The van der Waals surface area contributed by atoms with E-state index in [1.807, 2.05) is 38.1 Å². The van der Waals surface area contributed by atoms with Crippen molar-refractivity contribution in [1.82, 2.24) is 10.1 Å². The summed E-state index contributed by atoms with van der Waals surface area (Å²) in [6, 6.07) is 7.89. The molecule has 4 nitrogen and oxygen atoms in total. The van der Waals surface area contributed by atoms with Crippen molar-refractivity contribution in [2.45, 2.75) is 26.5 Å². The third-order valence-corrected chi connectivity index (χ3v) is 4.21. The zero-order valence-electron chi connectivity index (χ0n) is 12.3. The molecule has 2 aromatic rings. The number of halogens is 1. The lowest BCUT2D eigenvalue weighted by Gasteiger charge is -2.33. The minimum absolute atomic E-state index is 0.0940. The molecule has 2 heterocycles. The Bertz CT molecular complexity index is 590. The highest BCUT2D eigenvalue weighted by Crippen LogP contribution is 2.25. The second-order valence-corrected chi connectivity index (χ2v) is 5.89. The van der Waals surface area contributed by atoms with E-state index in [9.17, 15) is 0 Å². The molecule has 1 unspecified atom stereocenters. The fraction of sp³-hybridized carbons (Fsp3) is 0.438. The first-order valence-electron chi connectivity index (χ1n) is 7.14. The molecule has 0 aliphatic carbocycles. The van der Waals surface area contributed by atoms with Gasteiger partial charge in [0.2, 0.25) is 0 Å². The molecule has 1 aromatic carbocycles. The summed E-state index contributed by atoms with van der Waals surface area (Å²) in [5.74, 6) is 0.905. The first kappa shape index (κ1) is 14.6. The number of hydrogen-bond donors (Lipinski definition) is 0. The van der Waals surface area contributed by atoms with Crippen molar-refractivity contribution in [1.29, 1.82) is 0 Å². The van der Waals surface area contributed by atoms with Crippen LogP contribution in [-0.4, -0.2) is 29.8 Å². The number of rotatable bonds is 3. The molecule has 1 atom stereocenters. The van der Waals surface area contributed by atoms with Crippen LogP contribution in [0.2, 0.25) is 5.02 Å². The smallest absolute Gasteiger partial charge is 0.138 e. The summed E-state index contributed by atoms with van der Waals surface area (Å²) >= 11 is 5.94. The number of benzene rings is 1. The van der Waals surface area contributed by atoms with Gasteiger partial charge in [-0.15, -0.1) is 0 Å². The fourth-order valence-electron chi connectivity index (χ4n) is 2.68. The largest absolute Gasteiger partial charge is 0.371 e. The highest BCUT2D eigenvalue weighted by Gasteiger charge is 2.23. The maximum atomic E-state index is 5.94. The Hall–Kier alpha value is -1.36. The molecule has 1 saturated heterocycles. The van der Waals surface area contributed by atoms with E-state index in [0.29, 0.717) is 0 Å². The van der Waals surface area contributed by atoms with Crippen molar-refractivity contribution in [2.24, 2.45) is 0 Å². The van der Waals surface area contributed by atoms with Gasteiger partial charge in [-0.1, -0.05) is 28.9 Å². The third-order valence-electron chi connectivity index (χ3n) is 3.96. The minimum Gasteiger partial charge on any atom is -0.371 e. The van der Waals surface area contributed by atoms with Gasteiger partial charge in [0.15, 0.2) is 0 Å². The minimum atomic E-state index is 0.0940. The van der Waals surface area contributed by atoms with Crippen LogP contribution in [0.4, 0.5) is 0 Å². The Morgan fingerprint density at radius 2 is 2.05 bits per heavy atom. The van der Waals surface area contributed by atoms with Gasteiger partial charge in [0.1, 0.15) is 5.76 Å². The lowest BCUT2D eigenvalue weighted by Crippen LogP contribution is -2.38. The van der Waals surface area contributed by atoms with Crippen molar-refractivity contribution in [3.05, 3.63) is 51.9 Å². The molecule has 0 bridgehead atoms. The molecule has 0 saturated carbocycles. The van der Waals surface area contributed by atoms with E-state index in [4.69, 9.17) is 20.9 Å². The van der Waals surface area contributed by atoms with Crippen LogP contribution in [0.3, 0.4) is 0 Å². The van der Waals surface area contributed by atoms with Crippen LogP contribution in [0.1, 0.15) is 28.7 Å². The Kier molecular flexibility index (Phi) is 4.29. The standard InChI is InChI=1S/C16H19ClN2O2/c1-11-15(12(2)21-18-11)9-19-7-8-20-16(10-19)13-3-5-14(17)6-4-13/h3-6,16H,7-10H2,1-2H3. The average Bonchev–Trinajstić information content (AvgIpc) is 2.80. The quantitative estimate of drug-likeness (QED) is 0.869. The van der Waals surface area contributed by atoms with Crippen LogP contribution in [-0.2, 0) is 11.3 Å². The zero-order chi connectivity index (χ0) is 14.8. The third kappa shape index (κ3) is 3.28. The fourth-order valence-corrected chi connectivity index (χ4v) is 2.80. The molecule has 1 aliphatic heterocycles. The summed E-state index contributed by atoms with van der Waals surface area (Å²) in [5.41, 5.74) is 3.33. The highest BCUT2D eigenvalue weighted by atomic mass is 35.5. The van der Waals surface area contributed by atoms with Crippen molar-refractivity contribution in [2.75, 3.05) is 19.7 Å². The summed E-state index contributed by atoms with van der Waals surface area (Å²) in [6.45, 7) is 7.33. The van der Waals surface area contributed by atoms with E-state index in [1.54, 1.807) is 0 Å². The molecule has 3 rings (SSSR count). The van der Waals surface area contributed by atoms with Crippen molar-refractivity contribution >= 4 is 11.6 Å². The lowest BCUT2D eigenvalue weighted by molar-refractivity contribution is -0.0330. The molecule has 0 radical (unpaired) electrons. The number of ether oxygens (including phenoxy) is 1. The molecule has 1 aromatic heterocycles. The van der Waals surface area contributed by atoms with E-state index in [0.717, 1.165) is 42.7 Å². The van der Waals surface area contributed by atoms with Gasteiger partial charge in [-0.2, -0.15) is 0 Å². The molecule has 112 valence electrons. The van der Waals surface area contributed by atoms with Crippen LogP contribution in [0.15, 0.2) is 28.8 Å². The first-order valence-corrected chi connectivity index (χ1v) is 7.52. The zero-order valence-corrected chi connectivity index (χ0v) is 13.1. The summed E-state index contributed by atoms with van der Waals surface area (Å²) in [7, 11) is 0. The van der Waals surface area contributed by atoms with Gasteiger partial charge < -0.3 is 9.26 Å². The number of aromatic nitrogens is 1. The summed E-state index contributed by atoms with van der Waals surface area (Å²) in [4.78, 5) is 2.38.